The summed E-state index contributed by atoms with van der Waals surface area (Å²) < 4.78 is 1.81. The van der Waals surface area contributed by atoms with E-state index in [-0.39, 0.29) is 18.5 Å². The molecule has 2 aromatic rings. The monoisotopic (exact) mass is 272 g/mol. The van der Waals surface area contributed by atoms with Gasteiger partial charge in [-0.25, -0.2) is 4.98 Å². The predicted octanol–water partition coefficient (Wildman–Crippen LogP) is 1.41. The van der Waals surface area contributed by atoms with Gasteiger partial charge in [-0.3, -0.25) is 4.79 Å². The Balaban J connectivity index is 2.18. The third-order valence-corrected chi connectivity index (χ3v) is 3.43. The highest BCUT2D eigenvalue weighted by molar-refractivity contribution is 5.75. The molecule has 1 amide bonds. The second kappa shape index (κ2) is 6.34. The van der Waals surface area contributed by atoms with Crippen molar-refractivity contribution in [2.45, 2.75) is 19.5 Å². The van der Waals surface area contributed by atoms with Crippen LogP contribution in [0.2, 0.25) is 0 Å². The highest BCUT2D eigenvalue weighted by Gasteiger charge is 2.16. The first-order chi connectivity index (χ1) is 9.63. The van der Waals surface area contributed by atoms with E-state index in [0.717, 1.165) is 11.3 Å². The number of nitrogens with two attached hydrogens (primary N) is 1. The van der Waals surface area contributed by atoms with Crippen LogP contribution in [0.3, 0.4) is 0 Å². The van der Waals surface area contributed by atoms with Crippen LogP contribution in [0.1, 0.15) is 24.2 Å². The van der Waals surface area contributed by atoms with E-state index in [1.165, 1.54) is 0 Å². The van der Waals surface area contributed by atoms with Gasteiger partial charge in [-0.1, -0.05) is 30.3 Å². The second-order valence-electron chi connectivity index (χ2n) is 4.74. The number of benzene rings is 1. The molecule has 2 rings (SSSR count). The second-order valence-corrected chi connectivity index (χ2v) is 4.74. The number of carbonyl (C=O) groups is 1. The number of likely N-dealkylation sites (N-methyl/N-ethyl adjacent to an activating group) is 1. The third-order valence-electron chi connectivity index (χ3n) is 3.43. The molecule has 0 saturated heterocycles. The van der Waals surface area contributed by atoms with Crippen molar-refractivity contribution in [3.63, 3.8) is 0 Å². The zero-order valence-electron chi connectivity index (χ0n) is 11.9. The lowest BCUT2D eigenvalue weighted by Gasteiger charge is -2.18. The molecule has 5 heteroatoms. The molecule has 20 heavy (non-hydrogen) atoms. The molecule has 0 fully saturated rings. The van der Waals surface area contributed by atoms with Crippen LogP contribution < -0.4 is 5.73 Å². The van der Waals surface area contributed by atoms with Gasteiger partial charge in [0, 0.05) is 13.6 Å². The fourth-order valence-electron chi connectivity index (χ4n) is 2.00. The molecule has 106 valence electrons. The molecule has 1 heterocycles. The predicted molar refractivity (Wildman–Crippen MR) is 78.0 cm³/mol. The summed E-state index contributed by atoms with van der Waals surface area (Å²) in [6.45, 7) is 2.90. The van der Waals surface area contributed by atoms with Crippen molar-refractivity contribution < 1.29 is 4.79 Å². The van der Waals surface area contributed by atoms with Gasteiger partial charge < -0.3 is 15.2 Å². The largest absolute Gasteiger partial charge is 0.344 e. The smallest absolute Gasteiger partial charge is 0.242 e. The van der Waals surface area contributed by atoms with Crippen molar-refractivity contribution in [3.05, 3.63) is 54.1 Å². The highest BCUT2D eigenvalue weighted by Crippen LogP contribution is 2.18. The Morgan fingerprint density at radius 3 is 2.75 bits per heavy atom. The average molecular weight is 272 g/mol. The molecule has 5 nitrogen and oxygen atoms in total. The van der Waals surface area contributed by atoms with Gasteiger partial charge in [-0.05, 0) is 12.5 Å². The molecular weight excluding hydrogens is 252 g/mol. The van der Waals surface area contributed by atoms with Crippen LogP contribution in [-0.2, 0) is 11.3 Å². The first-order valence-corrected chi connectivity index (χ1v) is 6.68. The zero-order chi connectivity index (χ0) is 14.5. The van der Waals surface area contributed by atoms with Crippen molar-refractivity contribution >= 4 is 5.91 Å². The van der Waals surface area contributed by atoms with Gasteiger partial charge in [0.05, 0.1) is 24.3 Å². The topological polar surface area (TPSA) is 64.2 Å². The molecule has 1 atom stereocenters. The lowest BCUT2D eigenvalue weighted by atomic mass is 10.1. The molecule has 0 aliphatic heterocycles. The number of aromatic nitrogens is 2. The van der Waals surface area contributed by atoms with Crippen molar-refractivity contribution in [1.82, 2.24) is 14.5 Å². The number of nitrogens with zero attached hydrogens (tertiary/aromatic N) is 3. The Labute approximate surface area is 119 Å². The third kappa shape index (κ3) is 3.05. The lowest BCUT2D eigenvalue weighted by Crippen LogP contribution is -2.31. The summed E-state index contributed by atoms with van der Waals surface area (Å²) in [6.07, 6.45) is 3.37. The lowest BCUT2D eigenvalue weighted by molar-refractivity contribution is -0.130. The first kappa shape index (κ1) is 14.3. The van der Waals surface area contributed by atoms with Gasteiger partial charge in [0.15, 0.2) is 0 Å². The normalized spacial score (nSPS) is 12.2. The summed E-state index contributed by atoms with van der Waals surface area (Å²) in [4.78, 5) is 17.8. The molecule has 0 bridgehead atoms. The average Bonchev–Trinajstić information content (AvgIpc) is 2.94. The minimum Gasteiger partial charge on any atom is -0.344 e. The van der Waals surface area contributed by atoms with Crippen molar-refractivity contribution in [2.24, 2.45) is 5.73 Å². The Hall–Kier alpha value is -2.14. The Kier molecular flexibility index (Phi) is 4.53. The SMILES string of the molecule is CCN(C)C(=O)Cn1cncc1C(N)c1ccccc1. The van der Waals surface area contributed by atoms with E-state index in [1.807, 2.05) is 41.8 Å². The summed E-state index contributed by atoms with van der Waals surface area (Å²) >= 11 is 0. The van der Waals surface area contributed by atoms with Gasteiger partial charge in [0.2, 0.25) is 5.91 Å². The van der Waals surface area contributed by atoms with E-state index in [4.69, 9.17) is 5.73 Å². The van der Waals surface area contributed by atoms with Crippen LogP contribution in [0.25, 0.3) is 0 Å². The van der Waals surface area contributed by atoms with Crippen molar-refractivity contribution in [2.75, 3.05) is 13.6 Å². The van der Waals surface area contributed by atoms with Gasteiger partial charge in [0.1, 0.15) is 6.54 Å². The summed E-state index contributed by atoms with van der Waals surface area (Å²) in [5, 5.41) is 0. The van der Waals surface area contributed by atoms with Crippen LogP contribution in [-0.4, -0.2) is 34.0 Å². The Bertz CT molecular complexity index is 564. The summed E-state index contributed by atoms with van der Waals surface area (Å²) in [7, 11) is 1.79. The first-order valence-electron chi connectivity index (χ1n) is 6.68. The van der Waals surface area contributed by atoms with Crippen LogP contribution in [0.15, 0.2) is 42.9 Å². The van der Waals surface area contributed by atoms with Crippen LogP contribution >= 0.6 is 0 Å². The van der Waals surface area contributed by atoms with Crippen LogP contribution in [0, 0.1) is 0 Å². The fraction of sp³-hybridized carbons (Fsp3) is 0.333. The minimum absolute atomic E-state index is 0.0482. The van der Waals surface area contributed by atoms with Crippen LogP contribution in [0.4, 0.5) is 0 Å². The molecule has 0 aliphatic rings. The van der Waals surface area contributed by atoms with E-state index in [0.29, 0.717) is 6.54 Å². The van der Waals surface area contributed by atoms with E-state index in [2.05, 4.69) is 4.98 Å². The standard InChI is InChI=1S/C15H20N4O/c1-3-18(2)14(20)10-19-11-17-9-13(19)15(16)12-7-5-4-6-8-12/h4-9,11,15H,3,10,16H2,1-2H3. The highest BCUT2D eigenvalue weighted by atomic mass is 16.2. The molecule has 0 spiro atoms. The number of hydrogen-bond donors (Lipinski definition) is 1. The number of amides is 1. The van der Waals surface area contributed by atoms with E-state index in [1.54, 1.807) is 24.5 Å². The van der Waals surface area contributed by atoms with E-state index < -0.39 is 0 Å². The van der Waals surface area contributed by atoms with E-state index >= 15 is 0 Å². The summed E-state index contributed by atoms with van der Waals surface area (Å²) in [6, 6.07) is 9.52. The zero-order valence-corrected chi connectivity index (χ0v) is 11.9. The van der Waals surface area contributed by atoms with E-state index in [9.17, 15) is 4.79 Å². The molecule has 1 aromatic carbocycles. The van der Waals surface area contributed by atoms with Gasteiger partial charge in [0.25, 0.3) is 0 Å². The maximum Gasteiger partial charge on any atom is 0.242 e. The molecule has 0 radical (unpaired) electrons. The van der Waals surface area contributed by atoms with Crippen molar-refractivity contribution in [3.8, 4) is 0 Å². The summed E-state index contributed by atoms with van der Waals surface area (Å²) in [5.74, 6) is 0.0482. The Morgan fingerprint density at radius 1 is 1.40 bits per heavy atom. The number of carbonyl (C=O) groups excluding carboxylic acids is 1. The number of hydrogen-bond acceptors (Lipinski definition) is 3. The van der Waals surface area contributed by atoms with Crippen molar-refractivity contribution in [1.29, 1.82) is 0 Å². The van der Waals surface area contributed by atoms with Gasteiger partial charge in [-0.2, -0.15) is 0 Å². The summed E-state index contributed by atoms with van der Waals surface area (Å²) in [5.41, 5.74) is 8.11. The minimum atomic E-state index is -0.279. The molecule has 2 N–H and O–H groups in total. The maximum atomic E-state index is 12.0. The maximum absolute atomic E-state index is 12.0. The van der Waals surface area contributed by atoms with Gasteiger partial charge >= 0.3 is 0 Å². The molecule has 1 unspecified atom stereocenters. The number of imidazole rings is 1. The Morgan fingerprint density at radius 2 is 2.10 bits per heavy atom. The number of rotatable bonds is 5. The quantitative estimate of drug-likeness (QED) is 0.895. The molecule has 1 aromatic heterocycles. The molecule has 0 saturated carbocycles. The van der Waals surface area contributed by atoms with Gasteiger partial charge in [-0.15, -0.1) is 0 Å². The van der Waals surface area contributed by atoms with Crippen LogP contribution in [0.5, 0.6) is 0 Å². The molecular formula is C15H20N4O. The molecule has 0 aliphatic carbocycles. The fourth-order valence-corrected chi connectivity index (χ4v) is 2.00.